The van der Waals surface area contributed by atoms with Crippen LogP contribution in [0.1, 0.15) is 44.3 Å². The molecule has 1 aliphatic rings. The second-order valence-electron chi connectivity index (χ2n) is 8.27. The summed E-state index contributed by atoms with van der Waals surface area (Å²) in [5.41, 5.74) is 4.34. The standard InChI is InChI=1S/C24H26N4O2/c1-16-8-6-7-11-20(16)27-13-12-21-18(24(27)29)14-25-23-22(17-9-4-3-5-10-17)19(15-30-2)26-28(21)23/h3-5,9-10,12-14,16,20H,6-8,11,15H2,1-2H3/t16-,20-/m0/s1. The third kappa shape index (κ3) is 3.03. The van der Waals surface area contributed by atoms with Gasteiger partial charge in [-0.3, -0.25) is 4.79 Å². The lowest BCUT2D eigenvalue weighted by Crippen LogP contribution is -2.30. The van der Waals surface area contributed by atoms with Crippen LogP contribution in [0.25, 0.3) is 27.7 Å². The van der Waals surface area contributed by atoms with E-state index >= 15 is 0 Å². The molecule has 0 radical (unpaired) electrons. The van der Waals surface area contributed by atoms with Gasteiger partial charge < -0.3 is 9.30 Å². The number of benzene rings is 1. The average Bonchev–Trinajstić information content (AvgIpc) is 3.14. The van der Waals surface area contributed by atoms with Crippen LogP contribution in [0.3, 0.4) is 0 Å². The van der Waals surface area contributed by atoms with E-state index in [9.17, 15) is 4.79 Å². The van der Waals surface area contributed by atoms with Crippen molar-refractivity contribution in [3.05, 3.63) is 64.8 Å². The fraction of sp³-hybridized carbons (Fsp3) is 0.375. The van der Waals surface area contributed by atoms with Crippen LogP contribution in [0.4, 0.5) is 0 Å². The summed E-state index contributed by atoms with van der Waals surface area (Å²) in [7, 11) is 1.66. The summed E-state index contributed by atoms with van der Waals surface area (Å²) in [6.07, 6.45) is 8.31. The fourth-order valence-corrected chi connectivity index (χ4v) is 4.84. The third-order valence-corrected chi connectivity index (χ3v) is 6.38. The van der Waals surface area contributed by atoms with E-state index in [1.165, 1.54) is 19.3 Å². The second kappa shape index (κ2) is 7.69. The molecule has 6 heteroatoms. The van der Waals surface area contributed by atoms with Gasteiger partial charge in [-0.1, -0.05) is 50.1 Å². The molecule has 1 saturated carbocycles. The minimum atomic E-state index is 0.0192. The van der Waals surface area contributed by atoms with Gasteiger partial charge in [-0.25, -0.2) is 9.50 Å². The molecule has 1 aromatic carbocycles. The van der Waals surface area contributed by atoms with Gasteiger partial charge in [0.05, 0.1) is 28.8 Å². The van der Waals surface area contributed by atoms with E-state index in [0.717, 1.165) is 34.4 Å². The summed E-state index contributed by atoms with van der Waals surface area (Å²) in [6, 6.07) is 12.3. The summed E-state index contributed by atoms with van der Waals surface area (Å²) in [5.74, 6) is 0.508. The lowest BCUT2D eigenvalue weighted by Gasteiger charge is -2.30. The summed E-state index contributed by atoms with van der Waals surface area (Å²) in [6.45, 7) is 2.63. The SMILES string of the molecule is COCc1nn2c(ncc3c(=O)n([C@H]4CCCC[C@@H]4C)ccc32)c1-c1ccccc1. The molecule has 154 valence electrons. The molecule has 0 bridgehead atoms. The molecule has 0 amide bonds. The van der Waals surface area contributed by atoms with Crippen LogP contribution in [0.15, 0.2) is 53.6 Å². The third-order valence-electron chi connectivity index (χ3n) is 6.38. The Morgan fingerprint density at radius 1 is 1.13 bits per heavy atom. The summed E-state index contributed by atoms with van der Waals surface area (Å²) in [5, 5.41) is 5.39. The van der Waals surface area contributed by atoms with E-state index in [-0.39, 0.29) is 11.6 Å². The number of hydrogen-bond acceptors (Lipinski definition) is 4. The van der Waals surface area contributed by atoms with E-state index in [2.05, 4.69) is 11.9 Å². The van der Waals surface area contributed by atoms with E-state index in [1.807, 2.05) is 47.2 Å². The van der Waals surface area contributed by atoms with Crippen molar-refractivity contribution in [2.24, 2.45) is 5.92 Å². The number of rotatable bonds is 4. The quantitative estimate of drug-likeness (QED) is 0.500. The van der Waals surface area contributed by atoms with Gasteiger partial charge in [0.15, 0.2) is 5.65 Å². The maximum atomic E-state index is 13.4. The molecule has 3 heterocycles. The lowest BCUT2D eigenvalue weighted by atomic mass is 9.85. The zero-order chi connectivity index (χ0) is 20.7. The number of hydrogen-bond donors (Lipinski definition) is 0. The van der Waals surface area contributed by atoms with Crippen LogP contribution in [0.5, 0.6) is 0 Å². The number of nitrogens with zero attached hydrogens (tertiary/aromatic N) is 4. The van der Waals surface area contributed by atoms with Crippen LogP contribution in [0, 0.1) is 5.92 Å². The number of pyridine rings is 1. The van der Waals surface area contributed by atoms with Gasteiger partial charge in [-0.2, -0.15) is 5.10 Å². The minimum absolute atomic E-state index is 0.0192. The lowest BCUT2D eigenvalue weighted by molar-refractivity contribution is 0.181. The van der Waals surface area contributed by atoms with E-state index in [1.54, 1.807) is 17.8 Å². The number of methoxy groups -OCH3 is 1. The van der Waals surface area contributed by atoms with E-state index < -0.39 is 0 Å². The summed E-state index contributed by atoms with van der Waals surface area (Å²) < 4.78 is 9.10. The van der Waals surface area contributed by atoms with Gasteiger partial charge in [0, 0.05) is 25.5 Å². The average molecular weight is 402 g/mol. The van der Waals surface area contributed by atoms with Crippen LogP contribution in [0.2, 0.25) is 0 Å². The van der Waals surface area contributed by atoms with Gasteiger partial charge in [0.25, 0.3) is 5.56 Å². The van der Waals surface area contributed by atoms with Crippen LogP contribution in [-0.4, -0.2) is 26.3 Å². The Kier molecular flexibility index (Phi) is 4.87. The zero-order valence-corrected chi connectivity index (χ0v) is 17.4. The zero-order valence-electron chi connectivity index (χ0n) is 17.4. The number of fused-ring (bicyclic) bond motifs is 3. The molecule has 3 aromatic heterocycles. The first-order chi connectivity index (χ1) is 14.7. The second-order valence-corrected chi connectivity index (χ2v) is 8.27. The minimum Gasteiger partial charge on any atom is -0.378 e. The Hall–Kier alpha value is -2.99. The Morgan fingerprint density at radius 2 is 1.93 bits per heavy atom. The van der Waals surface area contributed by atoms with Crippen molar-refractivity contribution in [2.75, 3.05) is 7.11 Å². The topological polar surface area (TPSA) is 61.4 Å². The highest BCUT2D eigenvalue weighted by molar-refractivity contribution is 5.86. The van der Waals surface area contributed by atoms with E-state index in [4.69, 9.17) is 9.84 Å². The van der Waals surface area contributed by atoms with E-state index in [0.29, 0.717) is 17.9 Å². The van der Waals surface area contributed by atoms with Crippen molar-refractivity contribution in [3.8, 4) is 11.1 Å². The highest BCUT2D eigenvalue weighted by atomic mass is 16.5. The van der Waals surface area contributed by atoms with Crippen LogP contribution < -0.4 is 5.56 Å². The Bertz CT molecular complexity index is 1260. The molecule has 4 aromatic rings. The molecule has 0 unspecified atom stereocenters. The number of aromatic nitrogens is 4. The molecule has 6 nitrogen and oxygen atoms in total. The van der Waals surface area contributed by atoms with Crippen molar-refractivity contribution in [2.45, 2.75) is 45.3 Å². The number of ether oxygens (including phenoxy) is 1. The molecule has 1 aliphatic carbocycles. The summed E-state index contributed by atoms with van der Waals surface area (Å²) >= 11 is 0. The highest BCUT2D eigenvalue weighted by Crippen LogP contribution is 2.33. The molecule has 0 spiro atoms. The van der Waals surface area contributed by atoms with Crippen LogP contribution >= 0.6 is 0 Å². The predicted molar refractivity (Wildman–Crippen MR) is 118 cm³/mol. The first kappa shape index (κ1) is 19.0. The maximum absolute atomic E-state index is 13.4. The fourth-order valence-electron chi connectivity index (χ4n) is 4.84. The normalized spacial score (nSPS) is 19.5. The van der Waals surface area contributed by atoms with Gasteiger partial charge in [-0.05, 0) is 30.4 Å². The van der Waals surface area contributed by atoms with Gasteiger partial charge in [0.1, 0.15) is 0 Å². The molecule has 1 fully saturated rings. The summed E-state index contributed by atoms with van der Waals surface area (Å²) in [4.78, 5) is 18.0. The van der Waals surface area contributed by atoms with Crippen molar-refractivity contribution >= 4 is 16.6 Å². The first-order valence-corrected chi connectivity index (χ1v) is 10.6. The molecular formula is C24H26N4O2. The van der Waals surface area contributed by atoms with Crippen molar-refractivity contribution in [3.63, 3.8) is 0 Å². The van der Waals surface area contributed by atoms with Gasteiger partial charge in [-0.15, -0.1) is 0 Å². The molecule has 0 N–H and O–H groups in total. The molecule has 5 rings (SSSR count). The Morgan fingerprint density at radius 3 is 2.70 bits per heavy atom. The maximum Gasteiger partial charge on any atom is 0.261 e. The van der Waals surface area contributed by atoms with Crippen LogP contribution in [-0.2, 0) is 11.3 Å². The molecular weight excluding hydrogens is 376 g/mol. The first-order valence-electron chi connectivity index (χ1n) is 10.6. The smallest absolute Gasteiger partial charge is 0.261 e. The molecule has 2 atom stereocenters. The van der Waals surface area contributed by atoms with Gasteiger partial charge >= 0.3 is 0 Å². The molecule has 0 saturated heterocycles. The Labute approximate surface area is 175 Å². The largest absolute Gasteiger partial charge is 0.378 e. The van der Waals surface area contributed by atoms with Gasteiger partial charge in [0.2, 0.25) is 0 Å². The van der Waals surface area contributed by atoms with Crippen molar-refractivity contribution < 1.29 is 4.74 Å². The molecule has 0 aliphatic heterocycles. The monoisotopic (exact) mass is 402 g/mol. The Balaban J connectivity index is 1.72. The highest BCUT2D eigenvalue weighted by Gasteiger charge is 2.25. The van der Waals surface area contributed by atoms with Crippen molar-refractivity contribution in [1.29, 1.82) is 0 Å². The molecule has 30 heavy (non-hydrogen) atoms. The van der Waals surface area contributed by atoms with Crippen molar-refractivity contribution in [1.82, 2.24) is 19.2 Å². The predicted octanol–water partition coefficient (Wildman–Crippen LogP) is 4.61.